The number of likely N-dealkylation sites (tertiary alicyclic amines) is 1. The Hall–Kier alpha value is -1.66. The molecule has 1 fully saturated rings. The van der Waals surface area contributed by atoms with E-state index < -0.39 is 0 Å². The van der Waals surface area contributed by atoms with Crippen LogP contribution in [0.5, 0.6) is 0 Å². The SMILES string of the molecule is COCCC(=O)N[C@H](c1ccccn1)[C@@H]1CCCN(Cc2ccc(Cl)c(Cl)c2)C1. The molecular weight excluding hydrogens is 409 g/mol. The zero-order valence-corrected chi connectivity index (χ0v) is 18.1. The Kier molecular flexibility index (Phi) is 8.30. The van der Waals surface area contributed by atoms with Crippen LogP contribution in [0.15, 0.2) is 42.6 Å². The third-order valence-corrected chi connectivity index (χ3v) is 6.00. The zero-order chi connectivity index (χ0) is 20.6. The third kappa shape index (κ3) is 6.41. The monoisotopic (exact) mass is 435 g/mol. The van der Waals surface area contributed by atoms with E-state index >= 15 is 0 Å². The van der Waals surface area contributed by atoms with Crippen molar-refractivity contribution < 1.29 is 9.53 Å². The Bertz CT molecular complexity index is 804. The molecule has 2 aromatic rings. The van der Waals surface area contributed by atoms with Crippen LogP contribution >= 0.6 is 23.2 Å². The Morgan fingerprint density at radius 3 is 2.90 bits per heavy atom. The molecule has 2 heterocycles. The molecule has 0 bridgehead atoms. The van der Waals surface area contributed by atoms with E-state index in [1.807, 2.05) is 36.4 Å². The minimum absolute atomic E-state index is 0.0101. The van der Waals surface area contributed by atoms with Crippen LogP contribution < -0.4 is 5.32 Å². The summed E-state index contributed by atoms with van der Waals surface area (Å²) < 4.78 is 5.04. The quantitative estimate of drug-likeness (QED) is 0.663. The van der Waals surface area contributed by atoms with Crippen molar-refractivity contribution in [2.24, 2.45) is 5.92 Å². The number of nitrogens with one attached hydrogen (secondary N) is 1. The number of methoxy groups -OCH3 is 1. The summed E-state index contributed by atoms with van der Waals surface area (Å²) in [5.74, 6) is 0.275. The van der Waals surface area contributed by atoms with Gasteiger partial charge in [0.2, 0.25) is 5.91 Å². The highest BCUT2D eigenvalue weighted by Gasteiger charge is 2.30. The first-order chi connectivity index (χ1) is 14.1. The number of ether oxygens (including phenoxy) is 1. The molecule has 156 valence electrons. The summed E-state index contributed by atoms with van der Waals surface area (Å²) in [5.41, 5.74) is 2.04. The normalized spacial score (nSPS) is 18.4. The number of hydrogen-bond donors (Lipinski definition) is 1. The van der Waals surface area contributed by atoms with E-state index in [2.05, 4.69) is 15.2 Å². The van der Waals surface area contributed by atoms with E-state index in [0.29, 0.717) is 23.1 Å². The molecule has 0 aliphatic carbocycles. The van der Waals surface area contributed by atoms with Gasteiger partial charge in [0.1, 0.15) is 0 Å². The minimum Gasteiger partial charge on any atom is -0.384 e. The van der Waals surface area contributed by atoms with Crippen molar-refractivity contribution in [1.82, 2.24) is 15.2 Å². The van der Waals surface area contributed by atoms with Gasteiger partial charge in [0.25, 0.3) is 0 Å². The van der Waals surface area contributed by atoms with E-state index in [4.69, 9.17) is 27.9 Å². The first-order valence-corrected chi connectivity index (χ1v) is 10.7. The van der Waals surface area contributed by atoms with Crippen molar-refractivity contribution in [2.45, 2.75) is 31.8 Å². The fourth-order valence-electron chi connectivity index (χ4n) is 3.84. The van der Waals surface area contributed by atoms with Gasteiger partial charge in [0, 0.05) is 32.8 Å². The van der Waals surface area contributed by atoms with Gasteiger partial charge in [-0.3, -0.25) is 14.7 Å². The highest BCUT2D eigenvalue weighted by molar-refractivity contribution is 6.42. The predicted octanol–water partition coefficient (Wildman–Crippen LogP) is 4.49. The van der Waals surface area contributed by atoms with Crippen molar-refractivity contribution in [1.29, 1.82) is 0 Å². The maximum Gasteiger partial charge on any atom is 0.222 e. The zero-order valence-electron chi connectivity index (χ0n) is 16.6. The molecule has 1 aliphatic rings. The number of aromatic nitrogens is 1. The van der Waals surface area contributed by atoms with E-state index in [0.717, 1.165) is 43.7 Å². The second kappa shape index (κ2) is 10.9. The van der Waals surface area contributed by atoms with Gasteiger partial charge in [-0.2, -0.15) is 0 Å². The van der Waals surface area contributed by atoms with Gasteiger partial charge in [0.05, 0.1) is 28.4 Å². The maximum atomic E-state index is 12.4. The summed E-state index contributed by atoms with van der Waals surface area (Å²) in [4.78, 5) is 19.3. The molecule has 1 aromatic heterocycles. The fraction of sp³-hybridized carbons (Fsp3) is 0.455. The molecule has 0 spiro atoms. The topological polar surface area (TPSA) is 54.5 Å². The molecule has 7 heteroatoms. The summed E-state index contributed by atoms with van der Waals surface area (Å²) in [6, 6.07) is 11.5. The number of hydrogen-bond acceptors (Lipinski definition) is 4. The lowest BCUT2D eigenvalue weighted by molar-refractivity contribution is -0.123. The number of nitrogens with zero attached hydrogens (tertiary/aromatic N) is 2. The Labute approximate surface area is 182 Å². The molecule has 0 saturated carbocycles. The molecule has 29 heavy (non-hydrogen) atoms. The Morgan fingerprint density at radius 2 is 2.17 bits per heavy atom. The molecule has 3 rings (SSSR count). The second-order valence-electron chi connectivity index (χ2n) is 7.43. The van der Waals surface area contributed by atoms with Crippen LogP contribution in [-0.4, -0.2) is 42.6 Å². The van der Waals surface area contributed by atoms with Gasteiger partial charge in [-0.1, -0.05) is 35.3 Å². The molecule has 0 radical (unpaired) electrons. The van der Waals surface area contributed by atoms with Crippen LogP contribution in [0.25, 0.3) is 0 Å². The molecule has 5 nitrogen and oxygen atoms in total. The third-order valence-electron chi connectivity index (χ3n) is 5.26. The summed E-state index contributed by atoms with van der Waals surface area (Å²) in [5, 5.41) is 4.34. The largest absolute Gasteiger partial charge is 0.384 e. The summed E-state index contributed by atoms with van der Waals surface area (Å²) in [7, 11) is 1.60. The molecule has 1 N–H and O–H groups in total. The van der Waals surface area contributed by atoms with Crippen LogP contribution in [0.2, 0.25) is 10.0 Å². The molecule has 1 aromatic carbocycles. The molecule has 1 saturated heterocycles. The van der Waals surface area contributed by atoms with E-state index in [-0.39, 0.29) is 17.9 Å². The molecular formula is C22H27Cl2N3O2. The van der Waals surface area contributed by atoms with Crippen LogP contribution in [0, 0.1) is 5.92 Å². The summed E-state index contributed by atoms with van der Waals surface area (Å²) in [6.45, 7) is 3.12. The van der Waals surface area contributed by atoms with E-state index in [9.17, 15) is 4.79 Å². The van der Waals surface area contributed by atoms with Gasteiger partial charge >= 0.3 is 0 Å². The van der Waals surface area contributed by atoms with Crippen molar-refractivity contribution in [3.63, 3.8) is 0 Å². The summed E-state index contributed by atoms with van der Waals surface area (Å²) in [6.07, 6.45) is 4.24. The number of benzene rings is 1. The van der Waals surface area contributed by atoms with Crippen LogP contribution in [-0.2, 0) is 16.1 Å². The fourth-order valence-corrected chi connectivity index (χ4v) is 4.16. The van der Waals surface area contributed by atoms with Crippen LogP contribution in [0.1, 0.15) is 36.6 Å². The average Bonchev–Trinajstić information content (AvgIpc) is 2.74. The number of carbonyl (C=O) groups is 1. The first-order valence-electron chi connectivity index (χ1n) is 9.92. The lowest BCUT2D eigenvalue weighted by Crippen LogP contribution is -2.43. The number of rotatable bonds is 8. The van der Waals surface area contributed by atoms with Crippen molar-refractivity contribution in [2.75, 3.05) is 26.8 Å². The van der Waals surface area contributed by atoms with E-state index in [1.54, 1.807) is 13.3 Å². The Balaban J connectivity index is 1.71. The lowest BCUT2D eigenvalue weighted by atomic mass is 9.88. The smallest absolute Gasteiger partial charge is 0.222 e. The van der Waals surface area contributed by atoms with Gasteiger partial charge in [-0.05, 0) is 55.1 Å². The number of carbonyl (C=O) groups excluding carboxylic acids is 1. The van der Waals surface area contributed by atoms with Crippen LogP contribution in [0.3, 0.4) is 0 Å². The highest BCUT2D eigenvalue weighted by atomic mass is 35.5. The van der Waals surface area contributed by atoms with Gasteiger partial charge in [0.15, 0.2) is 0 Å². The number of halogens is 2. The first kappa shape index (κ1) is 22.0. The number of pyridine rings is 1. The van der Waals surface area contributed by atoms with Gasteiger partial charge in [-0.25, -0.2) is 0 Å². The molecule has 2 atom stereocenters. The summed E-state index contributed by atoms with van der Waals surface area (Å²) >= 11 is 12.2. The standard InChI is InChI=1S/C22H27Cl2N3O2/c1-29-12-9-21(28)26-22(20-6-2-3-10-25-20)17-5-4-11-27(15-17)14-16-7-8-18(23)19(24)13-16/h2-3,6-8,10,13,17,22H,4-5,9,11-12,14-15H2,1H3,(H,26,28)/t17-,22+/m1/s1. The lowest BCUT2D eigenvalue weighted by Gasteiger charge is -2.37. The van der Waals surface area contributed by atoms with Gasteiger partial charge in [-0.15, -0.1) is 0 Å². The minimum atomic E-state index is -0.114. The van der Waals surface area contributed by atoms with Crippen molar-refractivity contribution >= 4 is 29.1 Å². The predicted molar refractivity (Wildman–Crippen MR) is 116 cm³/mol. The van der Waals surface area contributed by atoms with Gasteiger partial charge < -0.3 is 10.1 Å². The van der Waals surface area contributed by atoms with Crippen molar-refractivity contribution in [3.05, 3.63) is 63.9 Å². The average molecular weight is 436 g/mol. The molecule has 1 aliphatic heterocycles. The molecule has 0 unspecified atom stereocenters. The second-order valence-corrected chi connectivity index (χ2v) is 8.24. The van der Waals surface area contributed by atoms with Crippen molar-refractivity contribution in [3.8, 4) is 0 Å². The van der Waals surface area contributed by atoms with Crippen LogP contribution in [0.4, 0.5) is 0 Å². The Morgan fingerprint density at radius 1 is 1.31 bits per heavy atom. The number of piperidine rings is 1. The van der Waals surface area contributed by atoms with E-state index in [1.165, 1.54) is 0 Å². The highest BCUT2D eigenvalue weighted by Crippen LogP contribution is 2.30. The maximum absolute atomic E-state index is 12.4. The molecule has 1 amide bonds. The number of amides is 1.